The van der Waals surface area contributed by atoms with Gasteiger partial charge in [0.15, 0.2) is 11.1 Å². The third-order valence-electron chi connectivity index (χ3n) is 2.64. The average Bonchev–Trinajstić information content (AvgIpc) is 2.30. The van der Waals surface area contributed by atoms with Crippen molar-refractivity contribution in [2.45, 2.75) is 0 Å². The van der Waals surface area contributed by atoms with Gasteiger partial charge in [-0.2, -0.15) is 0 Å². The lowest BCUT2D eigenvalue weighted by molar-refractivity contribution is 0.292. The number of nitrogens with zero attached hydrogens (tertiary/aromatic N) is 3. The number of pyridine rings is 1. The number of rotatable bonds is 3. The first kappa shape index (κ1) is 11.5. The molecule has 88 valence electrons. The normalized spacial score (nSPS) is 19.7. The lowest BCUT2D eigenvalue weighted by atomic mass is 10.3. The highest BCUT2D eigenvalue weighted by Gasteiger charge is 2.18. The Labute approximate surface area is 97.4 Å². The standard InChI is InChI=1S/C10H15N3O2S/c14-16(15)9-12-5-7-13(8-6-12)10-3-1-2-4-11-10/h1-4H,5-9H2,(H,14,15). The molecule has 1 atom stereocenters. The van der Waals surface area contributed by atoms with Crippen molar-refractivity contribution < 1.29 is 8.76 Å². The Bertz CT molecular complexity index is 352. The summed E-state index contributed by atoms with van der Waals surface area (Å²) in [6.45, 7) is 3.33. The molecule has 1 saturated heterocycles. The van der Waals surface area contributed by atoms with Gasteiger partial charge in [-0.05, 0) is 12.1 Å². The fourth-order valence-corrected chi connectivity index (χ4v) is 2.37. The topological polar surface area (TPSA) is 56.7 Å². The molecule has 0 amide bonds. The first-order valence-electron chi connectivity index (χ1n) is 5.21. The molecule has 0 spiro atoms. The van der Waals surface area contributed by atoms with E-state index in [2.05, 4.69) is 9.88 Å². The van der Waals surface area contributed by atoms with Crippen LogP contribution in [0.15, 0.2) is 24.4 Å². The van der Waals surface area contributed by atoms with Gasteiger partial charge in [0.1, 0.15) is 11.7 Å². The van der Waals surface area contributed by atoms with E-state index in [1.54, 1.807) is 6.20 Å². The molecule has 16 heavy (non-hydrogen) atoms. The molecule has 1 aromatic rings. The van der Waals surface area contributed by atoms with Crippen LogP contribution in [0.2, 0.25) is 0 Å². The van der Waals surface area contributed by atoms with Gasteiger partial charge in [-0.1, -0.05) is 6.07 Å². The van der Waals surface area contributed by atoms with Gasteiger partial charge in [-0.15, -0.1) is 0 Å². The van der Waals surface area contributed by atoms with Crippen molar-refractivity contribution in [1.29, 1.82) is 0 Å². The molecule has 1 aliphatic rings. The van der Waals surface area contributed by atoms with E-state index in [1.165, 1.54) is 0 Å². The zero-order chi connectivity index (χ0) is 11.4. The number of hydrogen-bond acceptors (Lipinski definition) is 4. The van der Waals surface area contributed by atoms with Gasteiger partial charge in [0.25, 0.3) is 0 Å². The molecule has 0 aromatic carbocycles. The van der Waals surface area contributed by atoms with Crippen LogP contribution in [0.25, 0.3) is 0 Å². The maximum atomic E-state index is 10.7. The van der Waals surface area contributed by atoms with Crippen LogP contribution in [-0.2, 0) is 11.1 Å². The molecule has 0 aliphatic carbocycles. The monoisotopic (exact) mass is 241 g/mol. The summed E-state index contributed by atoms with van der Waals surface area (Å²) in [5, 5.41) is 0. The summed E-state index contributed by atoms with van der Waals surface area (Å²) in [5.74, 6) is 1.23. The van der Waals surface area contributed by atoms with Crippen molar-refractivity contribution in [3.63, 3.8) is 0 Å². The van der Waals surface area contributed by atoms with Crippen molar-refractivity contribution in [3.05, 3.63) is 24.4 Å². The number of hydrogen-bond donors (Lipinski definition) is 1. The quantitative estimate of drug-likeness (QED) is 0.775. The van der Waals surface area contributed by atoms with Crippen LogP contribution in [0, 0.1) is 0 Å². The van der Waals surface area contributed by atoms with E-state index in [0.717, 1.165) is 32.0 Å². The molecule has 2 rings (SSSR count). The first-order chi connectivity index (χ1) is 7.75. The maximum absolute atomic E-state index is 10.7. The van der Waals surface area contributed by atoms with E-state index >= 15 is 0 Å². The van der Waals surface area contributed by atoms with Gasteiger partial charge >= 0.3 is 0 Å². The second-order valence-electron chi connectivity index (χ2n) is 3.74. The highest BCUT2D eigenvalue weighted by atomic mass is 32.2. The lowest BCUT2D eigenvalue weighted by Crippen LogP contribution is -2.47. The van der Waals surface area contributed by atoms with Crippen molar-refractivity contribution in [1.82, 2.24) is 9.88 Å². The molecule has 5 nitrogen and oxygen atoms in total. The molecule has 6 heteroatoms. The van der Waals surface area contributed by atoms with E-state index in [-0.39, 0.29) is 5.88 Å². The molecule has 1 fully saturated rings. The Kier molecular flexibility index (Phi) is 3.87. The first-order valence-corrected chi connectivity index (χ1v) is 6.49. The van der Waals surface area contributed by atoms with Crippen LogP contribution in [0.5, 0.6) is 0 Å². The summed E-state index contributed by atoms with van der Waals surface area (Å²) < 4.78 is 19.5. The molecular formula is C10H15N3O2S. The predicted molar refractivity (Wildman–Crippen MR) is 63.7 cm³/mol. The van der Waals surface area contributed by atoms with Crippen molar-refractivity contribution >= 4 is 16.9 Å². The highest BCUT2D eigenvalue weighted by Crippen LogP contribution is 2.12. The summed E-state index contributed by atoms with van der Waals surface area (Å²) in [5.41, 5.74) is 0. The van der Waals surface area contributed by atoms with Gasteiger partial charge in [0.05, 0.1) is 0 Å². The van der Waals surface area contributed by atoms with E-state index < -0.39 is 11.1 Å². The van der Waals surface area contributed by atoms with Crippen molar-refractivity contribution in [3.8, 4) is 0 Å². The molecule has 0 bridgehead atoms. The second-order valence-corrected chi connectivity index (χ2v) is 4.64. The summed E-state index contributed by atoms with van der Waals surface area (Å²) in [4.78, 5) is 8.47. The number of piperazine rings is 1. The van der Waals surface area contributed by atoms with Crippen LogP contribution >= 0.6 is 0 Å². The average molecular weight is 241 g/mol. The van der Waals surface area contributed by atoms with Crippen LogP contribution in [-0.4, -0.2) is 50.7 Å². The van der Waals surface area contributed by atoms with E-state index in [0.29, 0.717) is 0 Å². The molecular weight excluding hydrogens is 226 g/mol. The fourth-order valence-electron chi connectivity index (χ4n) is 1.80. The van der Waals surface area contributed by atoms with Gasteiger partial charge in [0.2, 0.25) is 0 Å². The largest absolute Gasteiger partial charge is 0.354 e. The molecule has 1 aromatic heterocycles. The summed E-state index contributed by atoms with van der Waals surface area (Å²) in [6.07, 6.45) is 1.78. The van der Waals surface area contributed by atoms with Gasteiger partial charge in [-0.25, -0.2) is 9.19 Å². The fraction of sp³-hybridized carbons (Fsp3) is 0.500. The minimum Gasteiger partial charge on any atom is -0.354 e. The lowest BCUT2D eigenvalue weighted by Gasteiger charge is -2.34. The van der Waals surface area contributed by atoms with E-state index in [1.807, 2.05) is 23.1 Å². The van der Waals surface area contributed by atoms with Crippen molar-refractivity contribution in [2.24, 2.45) is 0 Å². The zero-order valence-corrected chi connectivity index (χ0v) is 9.77. The minimum absolute atomic E-state index is 0.246. The van der Waals surface area contributed by atoms with E-state index in [9.17, 15) is 4.21 Å². The van der Waals surface area contributed by atoms with Gasteiger partial charge in [-0.3, -0.25) is 4.90 Å². The summed E-state index contributed by atoms with van der Waals surface area (Å²) >= 11 is -1.73. The molecule has 2 heterocycles. The molecule has 0 radical (unpaired) electrons. The molecule has 1 unspecified atom stereocenters. The van der Waals surface area contributed by atoms with Gasteiger partial charge in [0, 0.05) is 32.4 Å². The zero-order valence-electron chi connectivity index (χ0n) is 8.95. The molecule has 0 saturated carbocycles. The van der Waals surface area contributed by atoms with Crippen LogP contribution in [0.1, 0.15) is 0 Å². The highest BCUT2D eigenvalue weighted by molar-refractivity contribution is 7.79. The Balaban J connectivity index is 1.88. The number of aromatic nitrogens is 1. The Morgan fingerprint density at radius 2 is 2.06 bits per heavy atom. The molecule has 1 N–H and O–H groups in total. The van der Waals surface area contributed by atoms with Crippen molar-refractivity contribution in [2.75, 3.05) is 37.0 Å². The Morgan fingerprint density at radius 3 is 2.62 bits per heavy atom. The SMILES string of the molecule is O=S(O)CN1CCN(c2ccccn2)CC1. The number of anilines is 1. The smallest absolute Gasteiger partial charge is 0.167 e. The third-order valence-corrected chi connectivity index (χ3v) is 3.22. The summed E-state index contributed by atoms with van der Waals surface area (Å²) in [6, 6.07) is 5.85. The predicted octanol–water partition coefficient (Wildman–Crippen LogP) is 0.383. The maximum Gasteiger partial charge on any atom is 0.167 e. The Morgan fingerprint density at radius 1 is 1.31 bits per heavy atom. The minimum atomic E-state index is -1.73. The van der Waals surface area contributed by atoms with Gasteiger partial charge < -0.3 is 9.45 Å². The Hall–Kier alpha value is -0.980. The van der Waals surface area contributed by atoms with Crippen LogP contribution in [0.3, 0.4) is 0 Å². The van der Waals surface area contributed by atoms with E-state index in [4.69, 9.17) is 4.55 Å². The summed E-state index contributed by atoms with van der Waals surface area (Å²) in [7, 11) is 0. The molecule has 1 aliphatic heterocycles. The second kappa shape index (κ2) is 5.38. The third kappa shape index (κ3) is 3.01. The van der Waals surface area contributed by atoms with Crippen LogP contribution in [0.4, 0.5) is 5.82 Å². The van der Waals surface area contributed by atoms with Crippen LogP contribution < -0.4 is 4.90 Å².